The molecule has 0 bridgehead atoms. The molecule has 6 heteroatoms. The van der Waals surface area contributed by atoms with Gasteiger partial charge in [0.1, 0.15) is 12.4 Å². The monoisotopic (exact) mass is 468 g/mol. The Bertz CT molecular complexity index is 1130. The molecule has 0 unspecified atom stereocenters. The summed E-state index contributed by atoms with van der Waals surface area (Å²) in [6, 6.07) is 18.4. The summed E-state index contributed by atoms with van der Waals surface area (Å²) in [5.74, 6) is -0.433. The lowest BCUT2D eigenvalue weighted by atomic mass is 10.0. The minimum atomic E-state index is -0.989. The summed E-state index contributed by atoms with van der Waals surface area (Å²) >= 11 is 12.5. The number of aliphatic carboxylic acids is 1. The SMILES string of the molecule is O=C(O)C=Cc1ccccc1CC=Cc1cccc(CO)c1OCc1c(Cl)cccc1Cl. The second kappa shape index (κ2) is 11.5. The number of carboxylic acids is 1. The van der Waals surface area contributed by atoms with Crippen LogP contribution in [0.4, 0.5) is 0 Å². The van der Waals surface area contributed by atoms with Crippen molar-refractivity contribution in [3.63, 3.8) is 0 Å². The topological polar surface area (TPSA) is 66.8 Å². The first-order chi connectivity index (χ1) is 15.5. The van der Waals surface area contributed by atoms with E-state index in [2.05, 4.69) is 0 Å². The Morgan fingerprint density at radius 2 is 1.53 bits per heavy atom. The molecule has 2 N–H and O–H groups in total. The number of rotatable bonds is 9. The molecule has 0 aliphatic heterocycles. The number of hydrogen-bond donors (Lipinski definition) is 2. The van der Waals surface area contributed by atoms with Gasteiger partial charge in [-0.25, -0.2) is 4.79 Å². The molecule has 164 valence electrons. The number of carbonyl (C=O) groups is 1. The largest absolute Gasteiger partial charge is 0.488 e. The number of aliphatic hydroxyl groups excluding tert-OH is 1. The third kappa shape index (κ3) is 6.24. The molecule has 0 spiro atoms. The van der Waals surface area contributed by atoms with Crippen LogP contribution in [0, 0.1) is 0 Å². The summed E-state index contributed by atoms with van der Waals surface area (Å²) < 4.78 is 6.04. The van der Waals surface area contributed by atoms with E-state index in [0.29, 0.717) is 33.3 Å². The van der Waals surface area contributed by atoms with Crippen molar-refractivity contribution in [1.82, 2.24) is 0 Å². The van der Waals surface area contributed by atoms with E-state index in [1.807, 2.05) is 48.6 Å². The molecule has 4 nitrogen and oxygen atoms in total. The molecule has 0 heterocycles. The van der Waals surface area contributed by atoms with Crippen LogP contribution in [-0.4, -0.2) is 16.2 Å². The fourth-order valence-corrected chi connectivity index (χ4v) is 3.71. The standard InChI is InChI=1S/C26H22Cl2O4/c27-23-12-5-13-24(28)22(23)17-32-26-20(10-4-11-21(26)16-29)9-3-8-18-6-1-2-7-19(18)14-15-25(30)31/h1-7,9-15,29H,8,16-17H2,(H,30,31). The number of para-hydroxylation sites is 1. The van der Waals surface area contributed by atoms with Crippen LogP contribution >= 0.6 is 23.2 Å². The maximum Gasteiger partial charge on any atom is 0.328 e. The molecule has 0 amide bonds. The third-order valence-electron chi connectivity index (χ3n) is 4.82. The lowest BCUT2D eigenvalue weighted by Gasteiger charge is -2.15. The summed E-state index contributed by atoms with van der Waals surface area (Å²) in [4.78, 5) is 10.8. The van der Waals surface area contributed by atoms with Gasteiger partial charge in [0.15, 0.2) is 0 Å². The predicted octanol–water partition coefficient (Wildman–Crippen LogP) is 6.42. The summed E-state index contributed by atoms with van der Waals surface area (Å²) in [6.45, 7) is -0.00470. The zero-order chi connectivity index (χ0) is 22.9. The Labute approximate surface area is 197 Å². The minimum Gasteiger partial charge on any atom is -0.488 e. The van der Waals surface area contributed by atoms with Gasteiger partial charge in [0.2, 0.25) is 0 Å². The van der Waals surface area contributed by atoms with Crippen LogP contribution in [-0.2, 0) is 24.4 Å². The molecule has 0 aliphatic rings. The van der Waals surface area contributed by atoms with Crippen molar-refractivity contribution in [3.8, 4) is 5.75 Å². The van der Waals surface area contributed by atoms with Gasteiger partial charge in [-0.2, -0.15) is 0 Å². The molecule has 3 aromatic rings. The highest BCUT2D eigenvalue weighted by atomic mass is 35.5. The van der Waals surface area contributed by atoms with E-state index in [-0.39, 0.29) is 13.2 Å². The van der Waals surface area contributed by atoms with Gasteiger partial charge in [0.05, 0.1) is 6.61 Å². The van der Waals surface area contributed by atoms with Gasteiger partial charge < -0.3 is 14.9 Å². The highest BCUT2D eigenvalue weighted by Gasteiger charge is 2.11. The molecule has 3 aromatic carbocycles. The maximum absolute atomic E-state index is 10.8. The Balaban J connectivity index is 1.82. The van der Waals surface area contributed by atoms with E-state index >= 15 is 0 Å². The molecule has 0 saturated heterocycles. The summed E-state index contributed by atoms with van der Waals surface area (Å²) in [6.07, 6.45) is 7.19. The molecule has 3 rings (SSSR count). The van der Waals surface area contributed by atoms with Crippen molar-refractivity contribution in [2.24, 2.45) is 0 Å². The summed E-state index contributed by atoms with van der Waals surface area (Å²) in [5.41, 5.74) is 3.97. The number of ether oxygens (including phenoxy) is 1. The zero-order valence-corrected chi connectivity index (χ0v) is 18.7. The van der Waals surface area contributed by atoms with Gasteiger partial charge >= 0.3 is 5.97 Å². The van der Waals surface area contributed by atoms with Crippen LogP contribution in [0.5, 0.6) is 5.75 Å². The first-order valence-corrected chi connectivity index (χ1v) is 10.7. The molecule has 0 aliphatic carbocycles. The Kier molecular flexibility index (Phi) is 8.51. The van der Waals surface area contributed by atoms with E-state index in [0.717, 1.165) is 22.8 Å². The van der Waals surface area contributed by atoms with E-state index < -0.39 is 5.97 Å². The van der Waals surface area contributed by atoms with E-state index in [9.17, 15) is 9.90 Å². The van der Waals surface area contributed by atoms with Crippen molar-refractivity contribution in [2.45, 2.75) is 19.6 Å². The number of carboxylic acid groups (broad SMARTS) is 1. The maximum atomic E-state index is 10.8. The molecule has 0 saturated carbocycles. The molecular weight excluding hydrogens is 447 g/mol. The summed E-state index contributed by atoms with van der Waals surface area (Å²) in [7, 11) is 0. The average Bonchev–Trinajstić information content (AvgIpc) is 2.78. The van der Waals surface area contributed by atoms with E-state index in [1.165, 1.54) is 0 Å². The smallest absolute Gasteiger partial charge is 0.328 e. The van der Waals surface area contributed by atoms with Crippen molar-refractivity contribution < 1.29 is 19.7 Å². The number of benzene rings is 3. The third-order valence-corrected chi connectivity index (χ3v) is 5.52. The van der Waals surface area contributed by atoms with Crippen LogP contribution in [0.1, 0.15) is 27.8 Å². The predicted molar refractivity (Wildman–Crippen MR) is 129 cm³/mol. The number of hydrogen-bond acceptors (Lipinski definition) is 3. The average molecular weight is 469 g/mol. The van der Waals surface area contributed by atoms with Gasteiger partial charge in [0, 0.05) is 32.8 Å². The first-order valence-electron chi connectivity index (χ1n) is 9.93. The first kappa shape index (κ1) is 23.6. The van der Waals surface area contributed by atoms with Crippen LogP contribution in [0.25, 0.3) is 12.2 Å². The van der Waals surface area contributed by atoms with Gasteiger partial charge in [0.25, 0.3) is 0 Å². The number of allylic oxidation sites excluding steroid dienone is 1. The normalized spacial score (nSPS) is 11.3. The fourth-order valence-electron chi connectivity index (χ4n) is 3.21. The van der Waals surface area contributed by atoms with Crippen molar-refractivity contribution in [2.75, 3.05) is 0 Å². The van der Waals surface area contributed by atoms with Gasteiger partial charge in [-0.1, -0.05) is 83.9 Å². The highest BCUT2D eigenvalue weighted by Crippen LogP contribution is 2.30. The van der Waals surface area contributed by atoms with Crippen LogP contribution < -0.4 is 4.74 Å². The van der Waals surface area contributed by atoms with Crippen LogP contribution in [0.2, 0.25) is 10.0 Å². The second-order valence-electron chi connectivity index (χ2n) is 6.96. The lowest BCUT2D eigenvalue weighted by Crippen LogP contribution is -2.02. The molecular formula is C26H22Cl2O4. The fraction of sp³-hybridized carbons (Fsp3) is 0.115. The number of halogens is 2. The van der Waals surface area contributed by atoms with Gasteiger partial charge in [-0.05, 0) is 35.8 Å². The van der Waals surface area contributed by atoms with Crippen molar-refractivity contribution >= 4 is 41.3 Å². The van der Waals surface area contributed by atoms with Crippen LogP contribution in [0.15, 0.2) is 72.8 Å². The zero-order valence-electron chi connectivity index (χ0n) is 17.2. The highest BCUT2D eigenvalue weighted by molar-refractivity contribution is 6.35. The minimum absolute atomic E-state index is 0.166. The lowest BCUT2D eigenvalue weighted by molar-refractivity contribution is -0.131. The van der Waals surface area contributed by atoms with E-state index in [1.54, 1.807) is 30.3 Å². The Morgan fingerprint density at radius 3 is 2.25 bits per heavy atom. The molecule has 0 fully saturated rings. The molecule has 0 radical (unpaired) electrons. The Hall–Kier alpha value is -3.05. The van der Waals surface area contributed by atoms with Gasteiger partial charge in [-0.3, -0.25) is 0 Å². The van der Waals surface area contributed by atoms with Crippen molar-refractivity contribution in [1.29, 1.82) is 0 Å². The second-order valence-corrected chi connectivity index (χ2v) is 7.77. The van der Waals surface area contributed by atoms with Gasteiger partial charge in [-0.15, -0.1) is 0 Å². The van der Waals surface area contributed by atoms with E-state index in [4.69, 9.17) is 33.0 Å². The number of aliphatic hydroxyl groups is 1. The molecule has 32 heavy (non-hydrogen) atoms. The summed E-state index contributed by atoms with van der Waals surface area (Å²) in [5, 5.41) is 19.7. The van der Waals surface area contributed by atoms with Crippen molar-refractivity contribution in [3.05, 3.63) is 111 Å². The van der Waals surface area contributed by atoms with Crippen LogP contribution in [0.3, 0.4) is 0 Å². The molecule has 0 atom stereocenters. The Morgan fingerprint density at radius 1 is 0.875 bits per heavy atom. The molecule has 0 aromatic heterocycles. The quantitative estimate of drug-likeness (QED) is 0.355.